The fourth-order valence-corrected chi connectivity index (χ4v) is 4.78. The van der Waals surface area contributed by atoms with Crippen molar-refractivity contribution >= 4 is 28.9 Å². The molecule has 0 saturated heterocycles. The number of imidazole rings is 1. The van der Waals surface area contributed by atoms with Crippen LogP contribution in [0.4, 0.5) is 5.69 Å². The minimum Gasteiger partial charge on any atom is -0.361 e. The third kappa shape index (κ3) is 3.41. The average Bonchev–Trinajstić information content (AvgIpc) is 3.27. The van der Waals surface area contributed by atoms with Gasteiger partial charge in [0.05, 0.1) is 21.4 Å². The smallest absolute Gasteiger partial charge is 0.145 e. The van der Waals surface area contributed by atoms with Crippen LogP contribution in [0.3, 0.4) is 0 Å². The number of aromatic nitrogens is 2. The monoisotopic (exact) mass is 467 g/mol. The molecule has 2 heterocycles. The van der Waals surface area contributed by atoms with Gasteiger partial charge in [0.25, 0.3) is 0 Å². The van der Waals surface area contributed by atoms with Gasteiger partial charge < -0.3 is 5.32 Å². The lowest BCUT2D eigenvalue weighted by Gasteiger charge is -2.31. The second-order valence-corrected chi connectivity index (χ2v) is 8.82. The maximum Gasteiger partial charge on any atom is 0.145 e. The van der Waals surface area contributed by atoms with E-state index in [4.69, 9.17) is 28.2 Å². The third-order valence-corrected chi connectivity index (χ3v) is 6.72. The van der Waals surface area contributed by atoms with E-state index in [0.29, 0.717) is 10.0 Å². The molecule has 0 radical (unpaired) electrons. The second-order valence-electron chi connectivity index (χ2n) is 8.00. The molecule has 3 nitrogen and oxygen atoms in total. The number of benzene rings is 4. The zero-order chi connectivity index (χ0) is 22.4. The molecule has 1 aliphatic rings. The van der Waals surface area contributed by atoms with Crippen molar-refractivity contribution < 1.29 is 0 Å². The van der Waals surface area contributed by atoms with Crippen LogP contribution in [0.25, 0.3) is 33.9 Å². The molecule has 1 N–H and O–H groups in total. The SMILES string of the molecule is Clc1ccc(C2Nc3ccccc3-c3nc(-c4ccccc4)c(-c4ccccc4)n32)cc1Cl. The topological polar surface area (TPSA) is 29.9 Å². The van der Waals surface area contributed by atoms with E-state index in [9.17, 15) is 0 Å². The van der Waals surface area contributed by atoms with E-state index < -0.39 is 0 Å². The number of fused-ring (bicyclic) bond motifs is 3. The van der Waals surface area contributed by atoms with E-state index in [1.54, 1.807) is 0 Å². The molecule has 0 saturated carbocycles. The van der Waals surface area contributed by atoms with Gasteiger partial charge in [0, 0.05) is 22.4 Å². The van der Waals surface area contributed by atoms with E-state index >= 15 is 0 Å². The number of anilines is 1. The van der Waals surface area contributed by atoms with Crippen molar-refractivity contribution in [1.29, 1.82) is 0 Å². The van der Waals surface area contributed by atoms with Gasteiger partial charge in [-0.2, -0.15) is 0 Å². The van der Waals surface area contributed by atoms with Gasteiger partial charge in [-0.15, -0.1) is 0 Å². The van der Waals surface area contributed by atoms with Gasteiger partial charge in [-0.1, -0.05) is 102 Å². The van der Waals surface area contributed by atoms with Crippen molar-refractivity contribution in [2.24, 2.45) is 0 Å². The fourth-order valence-electron chi connectivity index (χ4n) is 4.47. The van der Waals surface area contributed by atoms with Crippen molar-refractivity contribution in [2.75, 3.05) is 5.32 Å². The van der Waals surface area contributed by atoms with Crippen LogP contribution in [-0.2, 0) is 0 Å². The first-order chi connectivity index (χ1) is 16.2. The summed E-state index contributed by atoms with van der Waals surface area (Å²) in [5, 5.41) is 4.78. The first-order valence-electron chi connectivity index (χ1n) is 10.7. The van der Waals surface area contributed by atoms with Crippen LogP contribution in [0, 0.1) is 0 Å². The Morgan fingerprint density at radius 3 is 2.09 bits per heavy atom. The Bertz CT molecular complexity index is 1460. The van der Waals surface area contributed by atoms with Gasteiger partial charge in [-0.25, -0.2) is 4.98 Å². The zero-order valence-electron chi connectivity index (χ0n) is 17.5. The number of nitrogens with zero attached hydrogens (tertiary/aromatic N) is 2. The van der Waals surface area contributed by atoms with Crippen molar-refractivity contribution in [1.82, 2.24) is 9.55 Å². The molecule has 1 unspecified atom stereocenters. The van der Waals surface area contributed by atoms with Crippen molar-refractivity contribution in [2.45, 2.75) is 6.17 Å². The molecular formula is C28H19Cl2N3. The largest absolute Gasteiger partial charge is 0.361 e. The summed E-state index contributed by atoms with van der Waals surface area (Å²) in [5.41, 5.74) is 7.27. The highest BCUT2D eigenvalue weighted by Gasteiger charge is 2.32. The maximum absolute atomic E-state index is 6.43. The molecule has 6 rings (SSSR count). The average molecular weight is 468 g/mol. The highest BCUT2D eigenvalue weighted by Crippen LogP contribution is 2.45. The summed E-state index contributed by atoms with van der Waals surface area (Å²) in [4.78, 5) is 5.22. The Labute approximate surface area is 202 Å². The predicted molar refractivity (Wildman–Crippen MR) is 137 cm³/mol. The number of halogens is 2. The summed E-state index contributed by atoms with van der Waals surface area (Å²) < 4.78 is 2.28. The molecule has 160 valence electrons. The van der Waals surface area contributed by atoms with Crippen LogP contribution in [0.1, 0.15) is 11.7 Å². The van der Waals surface area contributed by atoms with Gasteiger partial charge in [0.15, 0.2) is 0 Å². The Morgan fingerprint density at radius 1 is 0.697 bits per heavy atom. The van der Waals surface area contributed by atoms with Crippen LogP contribution < -0.4 is 5.32 Å². The number of rotatable bonds is 3. The highest BCUT2D eigenvalue weighted by atomic mass is 35.5. The molecule has 0 bridgehead atoms. The molecular weight excluding hydrogens is 449 g/mol. The Kier molecular flexibility index (Phi) is 4.94. The number of hydrogen-bond acceptors (Lipinski definition) is 2. The van der Waals surface area contributed by atoms with Crippen LogP contribution >= 0.6 is 23.2 Å². The van der Waals surface area contributed by atoms with Crippen LogP contribution in [-0.4, -0.2) is 9.55 Å². The number of hydrogen-bond donors (Lipinski definition) is 1. The first kappa shape index (κ1) is 20.1. The predicted octanol–water partition coefficient (Wildman–Crippen LogP) is 8.16. The maximum atomic E-state index is 6.43. The minimum absolute atomic E-state index is 0.204. The van der Waals surface area contributed by atoms with Crippen molar-refractivity contribution in [3.05, 3.63) is 119 Å². The summed E-state index contributed by atoms with van der Waals surface area (Å²) in [7, 11) is 0. The molecule has 4 aromatic carbocycles. The molecule has 5 aromatic rings. The minimum atomic E-state index is -0.204. The summed E-state index contributed by atoms with van der Waals surface area (Å²) in [5.74, 6) is 0.915. The van der Waals surface area contributed by atoms with E-state index in [1.807, 2.05) is 54.6 Å². The van der Waals surface area contributed by atoms with Gasteiger partial charge in [-0.3, -0.25) is 4.57 Å². The normalized spacial score (nSPS) is 14.3. The molecule has 1 atom stereocenters. The van der Waals surface area contributed by atoms with E-state index in [0.717, 1.165) is 45.2 Å². The first-order valence-corrected chi connectivity index (χ1v) is 11.5. The summed E-state index contributed by atoms with van der Waals surface area (Å²) in [6, 6.07) is 34.8. The molecule has 33 heavy (non-hydrogen) atoms. The zero-order valence-corrected chi connectivity index (χ0v) is 19.1. The third-order valence-electron chi connectivity index (χ3n) is 5.98. The van der Waals surface area contributed by atoms with Crippen LogP contribution in [0.2, 0.25) is 10.0 Å². The molecule has 0 amide bonds. The van der Waals surface area contributed by atoms with Gasteiger partial charge in [0.2, 0.25) is 0 Å². The van der Waals surface area contributed by atoms with E-state index in [1.165, 1.54) is 0 Å². The fraction of sp³-hybridized carbons (Fsp3) is 0.0357. The summed E-state index contributed by atoms with van der Waals surface area (Å²) in [6.45, 7) is 0. The molecule has 5 heteroatoms. The molecule has 1 aromatic heterocycles. The summed E-state index contributed by atoms with van der Waals surface area (Å²) >= 11 is 12.7. The molecule has 0 fully saturated rings. The second kappa shape index (κ2) is 8.11. The van der Waals surface area contributed by atoms with Crippen molar-refractivity contribution in [3.8, 4) is 33.9 Å². The lowest BCUT2D eigenvalue weighted by Crippen LogP contribution is -2.25. The Morgan fingerprint density at radius 2 is 1.36 bits per heavy atom. The quantitative estimate of drug-likeness (QED) is 0.290. The standard InChI is InChI=1S/C28H19Cl2N3/c29-22-16-15-20(17-23(22)30)27-31-24-14-8-7-13-21(24)28-32-25(18-9-3-1-4-10-18)26(33(27)28)19-11-5-2-6-12-19/h1-17,27,31H. The highest BCUT2D eigenvalue weighted by molar-refractivity contribution is 6.42. The van der Waals surface area contributed by atoms with Gasteiger partial charge in [-0.05, 0) is 29.8 Å². The molecule has 0 spiro atoms. The Hall–Kier alpha value is -3.53. The van der Waals surface area contributed by atoms with Crippen LogP contribution in [0.5, 0.6) is 0 Å². The van der Waals surface area contributed by atoms with Crippen molar-refractivity contribution in [3.63, 3.8) is 0 Å². The number of para-hydroxylation sites is 1. The van der Waals surface area contributed by atoms with Crippen LogP contribution in [0.15, 0.2) is 103 Å². The lowest BCUT2D eigenvalue weighted by molar-refractivity contribution is 0.656. The number of nitrogens with one attached hydrogen (secondary N) is 1. The molecule has 1 aliphatic heterocycles. The molecule has 0 aliphatic carbocycles. The van der Waals surface area contributed by atoms with Gasteiger partial charge in [0.1, 0.15) is 12.0 Å². The van der Waals surface area contributed by atoms with E-state index in [2.05, 4.69) is 58.4 Å². The Balaban J connectivity index is 1.69. The van der Waals surface area contributed by atoms with Gasteiger partial charge >= 0.3 is 0 Å². The van der Waals surface area contributed by atoms with E-state index in [-0.39, 0.29) is 6.17 Å². The summed E-state index contributed by atoms with van der Waals surface area (Å²) in [6.07, 6.45) is -0.204. The lowest BCUT2D eigenvalue weighted by atomic mass is 10.0.